The van der Waals surface area contributed by atoms with Crippen molar-refractivity contribution in [3.05, 3.63) is 42.2 Å². The molecule has 7 fully saturated rings. The second-order valence-electron chi connectivity index (χ2n) is 24.5. The van der Waals surface area contributed by atoms with E-state index in [-0.39, 0.29) is 68.2 Å². The monoisotopic (exact) mass is 849 g/mol. The van der Waals surface area contributed by atoms with Gasteiger partial charge in [-0.3, -0.25) is 14.4 Å². The molecule has 2 heterocycles. The Kier molecular flexibility index (Phi) is 10.7. The molecule has 0 radical (unpaired) electrons. The highest BCUT2D eigenvalue weighted by Gasteiger charge is 2.72. The molecule has 0 spiro atoms. The van der Waals surface area contributed by atoms with Gasteiger partial charge in [0.15, 0.2) is 0 Å². The molecule has 8 heteroatoms. The molecule has 1 saturated heterocycles. The minimum Gasteiger partial charge on any atom is -0.462 e. The number of ether oxygens (including phenoxy) is 1. The molecule has 1 aromatic carbocycles. The maximum Gasteiger partial charge on any atom is 0.309 e. The lowest BCUT2D eigenvalue weighted by atomic mass is 9.32. The predicted molar refractivity (Wildman–Crippen MR) is 247 cm³/mol. The molecule has 8 nitrogen and oxygen atoms in total. The summed E-state index contributed by atoms with van der Waals surface area (Å²) < 4.78 is 8.99. The van der Waals surface area contributed by atoms with Crippen LogP contribution in [0.1, 0.15) is 158 Å². The zero-order valence-corrected chi connectivity index (χ0v) is 40.4. The van der Waals surface area contributed by atoms with Crippen LogP contribution in [0.2, 0.25) is 0 Å². The van der Waals surface area contributed by atoms with Crippen molar-refractivity contribution in [2.75, 3.05) is 27.2 Å². The van der Waals surface area contributed by atoms with Crippen molar-refractivity contribution in [3.63, 3.8) is 0 Å². The van der Waals surface area contributed by atoms with Crippen LogP contribution in [0.15, 0.2) is 36.4 Å². The Bertz CT molecular complexity index is 2140. The topological polar surface area (TPSA) is 84.7 Å². The quantitative estimate of drug-likeness (QED) is 0.185. The number of amides is 1. The number of Topliss-reactive ketones (excluding diaryl/α,β-unsaturated/α-hetero) is 1. The minimum absolute atomic E-state index is 0.00294. The number of fused-ring (bicyclic) bond motifs is 8. The molecule has 1 aromatic heterocycles. The number of nitrogens with zero attached hydrogens (tertiary/aromatic N) is 4. The summed E-state index contributed by atoms with van der Waals surface area (Å²) in [4.78, 5) is 51.8. The first kappa shape index (κ1) is 44.2. The Labute approximate surface area is 373 Å². The van der Waals surface area contributed by atoms with Crippen LogP contribution in [-0.2, 0) is 25.7 Å². The molecule has 0 N–H and O–H groups in total. The van der Waals surface area contributed by atoms with Gasteiger partial charge in [0.05, 0.1) is 28.4 Å². The van der Waals surface area contributed by atoms with Gasteiger partial charge in [-0.05, 0) is 175 Å². The molecule has 13 atom stereocenters. The number of rotatable bonds is 9. The number of imidazole rings is 1. The molecule has 62 heavy (non-hydrogen) atoms. The fourth-order valence-electron chi connectivity index (χ4n) is 17.4. The Morgan fingerprint density at radius 3 is 2.26 bits per heavy atom. The number of ketones is 1. The van der Waals surface area contributed by atoms with Crippen LogP contribution in [0.5, 0.6) is 0 Å². The molecule has 6 aliphatic carbocycles. The first-order valence-corrected chi connectivity index (χ1v) is 24.9. The SMILES string of the molecule is C=C(C)[C@@H]1CC[C@]2(C(=O)N3CCC[C@H]3c3nc4ccccc4n3CCN(C)C)CC[C@]3(C)[C@H](CC[C@@H]4[C@@]5(C)CC[C@H](OC(=O)[C@H]6C[C@@H](C(C)=O)C6(C)C)C(C)(C)[C@@H]5CC[C@]43C)[C@@H]12. The molecule has 9 rings (SSSR count). The van der Waals surface area contributed by atoms with Gasteiger partial charge in [0.1, 0.15) is 17.7 Å². The molecule has 340 valence electrons. The van der Waals surface area contributed by atoms with Gasteiger partial charge >= 0.3 is 5.97 Å². The number of benzene rings is 1. The summed E-state index contributed by atoms with van der Waals surface area (Å²) in [7, 11) is 4.26. The van der Waals surface area contributed by atoms with Gasteiger partial charge in [-0.2, -0.15) is 0 Å². The second-order valence-corrected chi connectivity index (χ2v) is 24.5. The molecule has 1 aliphatic heterocycles. The average Bonchev–Trinajstić information content (AvgIpc) is 3.94. The highest BCUT2D eigenvalue weighted by molar-refractivity contribution is 5.86. The van der Waals surface area contributed by atoms with E-state index < -0.39 is 0 Å². The third kappa shape index (κ3) is 6.19. The number of likely N-dealkylation sites (N-methyl/N-ethyl adjacent to an activating group) is 1. The smallest absolute Gasteiger partial charge is 0.309 e. The Balaban J connectivity index is 0.986. The van der Waals surface area contributed by atoms with E-state index in [9.17, 15) is 9.59 Å². The lowest BCUT2D eigenvalue weighted by Crippen LogP contribution is -2.67. The van der Waals surface area contributed by atoms with Gasteiger partial charge in [0.2, 0.25) is 5.91 Å². The summed E-state index contributed by atoms with van der Waals surface area (Å²) in [6, 6.07) is 8.53. The van der Waals surface area contributed by atoms with Crippen LogP contribution < -0.4 is 0 Å². The fourth-order valence-corrected chi connectivity index (χ4v) is 17.4. The van der Waals surface area contributed by atoms with Crippen molar-refractivity contribution < 1.29 is 19.1 Å². The van der Waals surface area contributed by atoms with E-state index in [1.807, 2.05) is 0 Å². The van der Waals surface area contributed by atoms with Crippen molar-refractivity contribution in [1.29, 1.82) is 0 Å². The maximum absolute atomic E-state index is 15.9. The lowest BCUT2D eigenvalue weighted by molar-refractivity contribution is -0.251. The van der Waals surface area contributed by atoms with Gasteiger partial charge in [-0.1, -0.05) is 72.8 Å². The summed E-state index contributed by atoms with van der Waals surface area (Å²) >= 11 is 0. The van der Waals surface area contributed by atoms with Crippen LogP contribution in [-0.4, -0.2) is 70.3 Å². The molecule has 0 unspecified atom stereocenters. The number of esters is 1. The van der Waals surface area contributed by atoms with Gasteiger partial charge in [-0.15, -0.1) is 0 Å². The van der Waals surface area contributed by atoms with Crippen molar-refractivity contribution in [2.45, 2.75) is 164 Å². The maximum atomic E-state index is 15.9. The fraction of sp³-hybridized carbons (Fsp3) is 0.778. The van der Waals surface area contributed by atoms with Crippen molar-refractivity contribution >= 4 is 28.7 Å². The summed E-state index contributed by atoms with van der Waals surface area (Å²) in [5.41, 5.74) is 3.06. The summed E-state index contributed by atoms with van der Waals surface area (Å²) in [5.74, 6) is 3.53. The van der Waals surface area contributed by atoms with Crippen LogP contribution in [0.25, 0.3) is 11.0 Å². The Morgan fingerprint density at radius 1 is 0.823 bits per heavy atom. The number of allylic oxidation sites excluding steroid dienone is 1. The Morgan fingerprint density at radius 2 is 1.56 bits per heavy atom. The normalized spacial score (nSPS) is 41.7. The molecule has 6 saturated carbocycles. The zero-order chi connectivity index (χ0) is 44.5. The van der Waals surface area contributed by atoms with Crippen LogP contribution >= 0.6 is 0 Å². The third-order valence-electron chi connectivity index (χ3n) is 21.0. The Hall–Kier alpha value is -3.00. The highest BCUT2D eigenvalue weighted by Crippen LogP contribution is 2.78. The van der Waals surface area contributed by atoms with E-state index in [1.165, 1.54) is 30.4 Å². The number of carbonyl (C=O) groups excluding carboxylic acids is 3. The number of hydrogen-bond donors (Lipinski definition) is 0. The van der Waals surface area contributed by atoms with E-state index >= 15 is 4.79 Å². The predicted octanol–water partition coefficient (Wildman–Crippen LogP) is 11.1. The van der Waals surface area contributed by atoms with E-state index in [4.69, 9.17) is 9.72 Å². The third-order valence-corrected chi connectivity index (χ3v) is 21.0. The summed E-state index contributed by atoms with van der Waals surface area (Å²) in [5, 5.41) is 0. The summed E-state index contributed by atoms with van der Waals surface area (Å²) in [6.45, 7) is 28.1. The number of aromatic nitrogens is 2. The van der Waals surface area contributed by atoms with Crippen molar-refractivity contribution in [1.82, 2.24) is 19.4 Å². The van der Waals surface area contributed by atoms with Crippen LogP contribution in [0, 0.1) is 73.9 Å². The molecule has 0 bridgehead atoms. The molecular formula is C54H80N4O4. The average molecular weight is 849 g/mol. The first-order chi connectivity index (χ1) is 29.1. The van der Waals surface area contributed by atoms with Crippen molar-refractivity contribution in [2.24, 2.45) is 73.9 Å². The van der Waals surface area contributed by atoms with Crippen LogP contribution in [0.3, 0.4) is 0 Å². The van der Waals surface area contributed by atoms with Crippen molar-refractivity contribution in [3.8, 4) is 0 Å². The molecule has 7 aliphatic rings. The number of hydrogen-bond acceptors (Lipinski definition) is 6. The largest absolute Gasteiger partial charge is 0.462 e. The molecule has 2 aromatic rings. The number of para-hydroxylation sites is 2. The number of carbonyl (C=O) groups is 3. The minimum atomic E-state index is -0.357. The van der Waals surface area contributed by atoms with E-state index in [2.05, 4.69) is 115 Å². The van der Waals surface area contributed by atoms with Crippen LogP contribution in [0.4, 0.5) is 0 Å². The van der Waals surface area contributed by atoms with Gasteiger partial charge < -0.3 is 19.1 Å². The van der Waals surface area contributed by atoms with Gasteiger partial charge in [0, 0.05) is 31.0 Å². The van der Waals surface area contributed by atoms with E-state index in [1.54, 1.807) is 6.92 Å². The zero-order valence-electron chi connectivity index (χ0n) is 40.4. The molecule has 1 amide bonds. The number of likely N-dealkylation sites (tertiary alicyclic amines) is 1. The standard InChI is InChI=1S/C54H80N4O4/c1-33(2)35-21-26-54(48(61)58-29-15-18-41(58)46-55-39-16-13-14-17-40(39)57(46)31-30-56(11)12)28-27-52(9)36(45(35)54)19-20-43-51(8)24-23-44(50(6,7)42(51)22-25-53(43,52)10)62-47(60)38-32-37(34(3)59)49(38,4)5/h13-14,16-17,35-38,41-45H,1,15,18-32H2,2-12H3/t35-,36+,37-,38+,41-,42-,43+,44-,45+,51-,52+,53+,54-/m0/s1. The van der Waals surface area contributed by atoms with Gasteiger partial charge in [-0.25, -0.2) is 4.98 Å². The van der Waals surface area contributed by atoms with Gasteiger partial charge in [0.25, 0.3) is 0 Å². The second kappa shape index (κ2) is 15.0. The summed E-state index contributed by atoms with van der Waals surface area (Å²) in [6.07, 6.45) is 13.3. The lowest BCUT2D eigenvalue weighted by Gasteiger charge is -2.73. The van der Waals surface area contributed by atoms with E-state index in [0.717, 1.165) is 88.8 Å². The van der Waals surface area contributed by atoms with E-state index in [0.29, 0.717) is 41.9 Å². The molecular weight excluding hydrogens is 769 g/mol. The first-order valence-electron chi connectivity index (χ1n) is 24.9. The highest BCUT2D eigenvalue weighted by atomic mass is 16.5.